The molecule has 2 amide bonds. The fourth-order valence-corrected chi connectivity index (χ4v) is 2.46. The molecule has 0 unspecified atom stereocenters. The van der Waals surface area contributed by atoms with Gasteiger partial charge in [0.15, 0.2) is 0 Å². The highest BCUT2D eigenvalue weighted by Crippen LogP contribution is 2.29. The largest absolute Gasteiger partial charge is 0.416 e. The Labute approximate surface area is 149 Å². The lowest BCUT2D eigenvalue weighted by molar-refractivity contribution is -0.137. The Hall–Kier alpha value is -2.83. The molecule has 0 aromatic heterocycles. The summed E-state index contributed by atoms with van der Waals surface area (Å²) in [7, 11) is 0. The van der Waals surface area contributed by atoms with Crippen LogP contribution in [0, 0.1) is 6.92 Å². The van der Waals surface area contributed by atoms with Gasteiger partial charge in [0.1, 0.15) is 0 Å². The first kappa shape index (κ1) is 19.5. The molecule has 138 valence electrons. The van der Waals surface area contributed by atoms with E-state index in [1.165, 1.54) is 11.8 Å². The molecule has 7 heteroatoms. The SMILES string of the molecule is CC(=O)N(CCNC(=O)c1ccc(C(F)(F)F)cc1)c1cccc(C)c1. The highest BCUT2D eigenvalue weighted by molar-refractivity contribution is 5.94. The highest BCUT2D eigenvalue weighted by atomic mass is 19.4. The third kappa shape index (κ3) is 5.08. The second-order valence-electron chi connectivity index (χ2n) is 5.84. The van der Waals surface area contributed by atoms with E-state index < -0.39 is 17.6 Å². The first-order valence-corrected chi connectivity index (χ1v) is 7.98. The molecule has 2 aromatic rings. The molecule has 0 heterocycles. The van der Waals surface area contributed by atoms with Crippen LogP contribution in [0.25, 0.3) is 0 Å². The number of carbonyl (C=O) groups excluding carboxylic acids is 2. The molecular weight excluding hydrogens is 345 g/mol. The van der Waals surface area contributed by atoms with Crippen molar-refractivity contribution in [3.8, 4) is 0 Å². The number of benzene rings is 2. The zero-order valence-electron chi connectivity index (χ0n) is 14.4. The van der Waals surface area contributed by atoms with E-state index in [1.54, 1.807) is 6.07 Å². The number of hydrogen-bond donors (Lipinski definition) is 1. The van der Waals surface area contributed by atoms with Crippen molar-refractivity contribution in [2.45, 2.75) is 20.0 Å². The molecular formula is C19H19F3N2O2. The summed E-state index contributed by atoms with van der Waals surface area (Å²) in [6.45, 7) is 3.77. The summed E-state index contributed by atoms with van der Waals surface area (Å²) in [5.41, 5.74) is 1.04. The van der Waals surface area contributed by atoms with Crippen molar-refractivity contribution in [3.63, 3.8) is 0 Å². The van der Waals surface area contributed by atoms with E-state index in [9.17, 15) is 22.8 Å². The lowest BCUT2D eigenvalue weighted by Gasteiger charge is -2.22. The van der Waals surface area contributed by atoms with Gasteiger partial charge in [-0.15, -0.1) is 0 Å². The van der Waals surface area contributed by atoms with E-state index in [0.717, 1.165) is 35.5 Å². The first-order valence-electron chi connectivity index (χ1n) is 7.98. The van der Waals surface area contributed by atoms with Crippen LogP contribution in [0.2, 0.25) is 0 Å². The summed E-state index contributed by atoms with van der Waals surface area (Å²) < 4.78 is 37.6. The number of rotatable bonds is 5. The van der Waals surface area contributed by atoms with Gasteiger partial charge in [-0.05, 0) is 48.9 Å². The summed E-state index contributed by atoms with van der Waals surface area (Å²) in [5.74, 6) is -0.661. The number of aryl methyl sites for hydroxylation is 1. The van der Waals surface area contributed by atoms with Crippen LogP contribution in [0.5, 0.6) is 0 Å². The minimum atomic E-state index is -4.44. The number of halogens is 3. The third-order valence-corrected chi connectivity index (χ3v) is 3.79. The molecule has 0 aliphatic carbocycles. The Morgan fingerprint density at radius 1 is 1.08 bits per heavy atom. The van der Waals surface area contributed by atoms with Crippen molar-refractivity contribution >= 4 is 17.5 Å². The maximum atomic E-state index is 12.5. The van der Waals surface area contributed by atoms with Crippen molar-refractivity contribution in [1.82, 2.24) is 5.32 Å². The molecule has 1 N–H and O–H groups in total. The fraction of sp³-hybridized carbons (Fsp3) is 0.263. The van der Waals surface area contributed by atoms with Gasteiger partial charge < -0.3 is 10.2 Å². The molecule has 0 aliphatic heterocycles. The van der Waals surface area contributed by atoms with Gasteiger partial charge in [-0.25, -0.2) is 0 Å². The van der Waals surface area contributed by atoms with Crippen LogP contribution in [0.4, 0.5) is 18.9 Å². The van der Waals surface area contributed by atoms with E-state index in [1.807, 2.05) is 25.1 Å². The molecule has 0 aliphatic rings. The summed E-state index contributed by atoms with van der Waals surface area (Å²) >= 11 is 0. The predicted octanol–water partition coefficient (Wildman–Crippen LogP) is 3.80. The van der Waals surface area contributed by atoms with Gasteiger partial charge in [0.25, 0.3) is 5.91 Å². The van der Waals surface area contributed by atoms with Crippen LogP contribution < -0.4 is 10.2 Å². The zero-order chi connectivity index (χ0) is 19.3. The normalized spacial score (nSPS) is 11.1. The Balaban J connectivity index is 1.97. The van der Waals surface area contributed by atoms with Crippen molar-refractivity contribution in [2.75, 3.05) is 18.0 Å². The number of nitrogens with zero attached hydrogens (tertiary/aromatic N) is 1. The zero-order valence-corrected chi connectivity index (χ0v) is 14.4. The molecule has 4 nitrogen and oxygen atoms in total. The predicted molar refractivity (Wildman–Crippen MR) is 93.0 cm³/mol. The van der Waals surface area contributed by atoms with E-state index in [4.69, 9.17) is 0 Å². The van der Waals surface area contributed by atoms with Crippen molar-refractivity contribution in [1.29, 1.82) is 0 Å². The summed E-state index contributed by atoms with van der Waals surface area (Å²) in [6.07, 6.45) is -4.44. The van der Waals surface area contributed by atoms with Gasteiger partial charge in [-0.2, -0.15) is 13.2 Å². The van der Waals surface area contributed by atoms with Crippen LogP contribution in [0.3, 0.4) is 0 Å². The topological polar surface area (TPSA) is 49.4 Å². The average Bonchev–Trinajstić information content (AvgIpc) is 2.57. The van der Waals surface area contributed by atoms with Crippen molar-refractivity contribution in [2.24, 2.45) is 0 Å². The molecule has 0 saturated heterocycles. The van der Waals surface area contributed by atoms with Crippen LogP contribution in [0.1, 0.15) is 28.4 Å². The van der Waals surface area contributed by atoms with Crippen molar-refractivity contribution in [3.05, 3.63) is 65.2 Å². The van der Waals surface area contributed by atoms with Gasteiger partial charge in [-0.3, -0.25) is 9.59 Å². The number of amides is 2. The third-order valence-electron chi connectivity index (χ3n) is 3.79. The van der Waals surface area contributed by atoms with E-state index >= 15 is 0 Å². The number of hydrogen-bond acceptors (Lipinski definition) is 2. The molecule has 0 atom stereocenters. The Morgan fingerprint density at radius 2 is 1.73 bits per heavy atom. The maximum Gasteiger partial charge on any atom is 0.416 e. The van der Waals surface area contributed by atoms with Crippen LogP contribution in [0.15, 0.2) is 48.5 Å². The molecule has 2 rings (SSSR count). The average molecular weight is 364 g/mol. The Kier molecular flexibility index (Phi) is 6.02. The van der Waals surface area contributed by atoms with Crippen LogP contribution in [-0.4, -0.2) is 24.9 Å². The fourth-order valence-electron chi connectivity index (χ4n) is 2.46. The van der Waals surface area contributed by atoms with E-state index in [-0.39, 0.29) is 24.6 Å². The van der Waals surface area contributed by atoms with Gasteiger partial charge in [0.2, 0.25) is 5.91 Å². The lowest BCUT2D eigenvalue weighted by atomic mass is 10.1. The monoisotopic (exact) mass is 364 g/mol. The van der Waals surface area contributed by atoms with E-state index in [0.29, 0.717) is 0 Å². The summed E-state index contributed by atoms with van der Waals surface area (Å²) in [6, 6.07) is 11.4. The number of nitrogens with one attached hydrogen (secondary N) is 1. The summed E-state index contributed by atoms with van der Waals surface area (Å²) in [4.78, 5) is 25.4. The van der Waals surface area contributed by atoms with Gasteiger partial charge >= 0.3 is 6.18 Å². The maximum absolute atomic E-state index is 12.5. The minimum Gasteiger partial charge on any atom is -0.350 e. The van der Waals surface area contributed by atoms with Crippen LogP contribution >= 0.6 is 0 Å². The number of anilines is 1. The Bertz CT molecular complexity index is 786. The molecule has 2 aromatic carbocycles. The standard InChI is InChI=1S/C19H19F3N2O2/c1-13-4-3-5-17(12-13)24(14(2)25)11-10-23-18(26)15-6-8-16(9-7-15)19(20,21)22/h3-9,12H,10-11H2,1-2H3,(H,23,26). The first-order chi connectivity index (χ1) is 12.2. The lowest BCUT2D eigenvalue weighted by Crippen LogP contribution is -2.37. The second kappa shape index (κ2) is 8.03. The molecule has 0 radical (unpaired) electrons. The molecule has 0 saturated carbocycles. The van der Waals surface area contributed by atoms with Crippen molar-refractivity contribution < 1.29 is 22.8 Å². The van der Waals surface area contributed by atoms with Gasteiger partial charge in [0.05, 0.1) is 5.56 Å². The number of alkyl halides is 3. The minimum absolute atomic E-state index is 0.128. The van der Waals surface area contributed by atoms with Gasteiger partial charge in [0, 0.05) is 31.3 Å². The van der Waals surface area contributed by atoms with Gasteiger partial charge in [-0.1, -0.05) is 12.1 Å². The van der Waals surface area contributed by atoms with Crippen LogP contribution in [-0.2, 0) is 11.0 Å². The highest BCUT2D eigenvalue weighted by Gasteiger charge is 2.30. The molecule has 26 heavy (non-hydrogen) atoms. The molecule has 0 fully saturated rings. The Morgan fingerprint density at radius 3 is 2.27 bits per heavy atom. The summed E-state index contributed by atoms with van der Waals surface area (Å²) in [5, 5.41) is 2.61. The molecule has 0 spiro atoms. The second-order valence-corrected chi connectivity index (χ2v) is 5.84. The van der Waals surface area contributed by atoms with E-state index in [2.05, 4.69) is 5.32 Å². The quantitative estimate of drug-likeness (QED) is 0.877. The number of carbonyl (C=O) groups is 2. The smallest absolute Gasteiger partial charge is 0.350 e. The molecule has 0 bridgehead atoms.